The molecule has 1 N–H and O–H groups in total. The normalized spacial score (nSPS) is 19.8. The lowest BCUT2D eigenvalue weighted by molar-refractivity contribution is 0.280. The van der Waals surface area contributed by atoms with E-state index in [0.717, 1.165) is 19.0 Å². The van der Waals surface area contributed by atoms with Gasteiger partial charge in [0.1, 0.15) is 0 Å². The minimum atomic E-state index is 0.670. The highest BCUT2D eigenvalue weighted by atomic mass is 15.0. The van der Waals surface area contributed by atoms with Gasteiger partial charge in [0.15, 0.2) is 0 Å². The van der Waals surface area contributed by atoms with E-state index in [0.29, 0.717) is 6.04 Å². The zero-order chi connectivity index (χ0) is 11.2. The fraction of sp³-hybridized carbons (Fsp3) is 0.769. The maximum Gasteiger partial charge on any atom is 0.0946 e. The van der Waals surface area contributed by atoms with Crippen molar-refractivity contribution in [1.29, 1.82) is 0 Å². The van der Waals surface area contributed by atoms with Gasteiger partial charge in [-0.2, -0.15) is 0 Å². The second kappa shape index (κ2) is 6.04. The lowest BCUT2D eigenvalue weighted by atomic mass is 9.84. The third kappa shape index (κ3) is 3.34. The summed E-state index contributed by atoms with van der Waals surface area (Å²) in [4.78, 5) is 4.04. The molecule has 1 aliphatic carbocycles. The molecule has 2 rings (SSSR count). The number of nitrogens with zero attached hydrogens (tertiary/aromatic N) is 2. The Morgan fingerprint density at radius 2 is 2.19 bits per heavy atom. The summed E-state index contributed by atoms with van der Waals surface area (Å²) in [6, 6.07) is 0.670. The molecule has 3 nitrogen and oxygen atoms in total. The third-order valence-electron chi connectivity index (χ3n) is 3.75. The van der Waals surface area contributed by atoms with Crippen LogP contribution in [-0.2, 0) is 6.54 Å². The molecule has 0 saturated heterocycles. The van der Waals surface area contributed by atoms with Crippen molar-refractivity contribution in [2.45, 2.75) is 51.6 Å². The molecular weight excluding hydrogens is 198 g/mol. The summed E-state index contributed by atoms with van der Waals surface area (Å²) in [6.45, 7) is 4.41. The van der Waals surface area contributed by atoms with Crippen molar-refractivity contribution in [2.75, 3.05) is 6.54 Å². The van der Waals surface area contributed by atoms with Crippen LogP contribution < -0.4 is 5.32 Å². The SMILES string of the molecule is CC(NCCn1ccnc1)C1CCCCC1. The second-order valence-corrected chi connectivity index (χ2v) is 4.94. The highest BCUT2D eigenvalue weighted by Gasteiger charge is 2.18. The monoisotopic (exact) mass is 221 g/mol. The summed E-state index contributed by atoms with van der Waals surface area (Å²) in [7, 11) is 0. The van der Waals surface area contributed by atoms with E-state index in [1.165, 1.54) is 32.1 Å². The van der Waals surface area contributed by atoms with Crippen molar-refractivity contribution in [2.24, 2.45) is 5.92 Å². The van der Waals surface area contributed by atoms with Crippen LogP contribution in [0.3, 0.4) is 0 Å². The molecule has 0 spiro atoms. The summed E-state index contributed by atoms with van der Waals surface area (Å²) in [6.07, 6.45) is 12.9. The Kier molecular flexibility index (Phi) is 4.40. The van der Waals surface area contributed by atoms with Crippen LogP contribution in [0.2, 0.25) is 0 Å². The molecule has 0 aliphatic heterocycles. The van der Waals surface area contributed by atoms with E-state index >= 15 is 0 Å². The zero-order valence-electron chi connectivity index (χ0n) is 10.2. The second-order valence-electron chi connectivity index (χ2n) is 4.94. The predicted octanol–water partition coefficient (Wildman–Crippen LogP) is 2.44. The number of nitrogens with one attached hydrogen (secondary N) is 1. The maximum atomic E-state index is 4.04. The first-order valence-corrected chi connectivity index (χ1v) is 6.55. The average molecular weight is 221 g/mol. The highest BCUT2D eigenvalue weighted by molar-refractivity contribution is 4.77. The predicted molar refractivity (Wildman–Crippen MR) is 66.3 cm³/mol. The fourth-order valence-corrected chi connectivity index (χ4v) is 2.64. The molecule has 0 aromatic carbocycles. The van der Waals surface area contributed by atoms with Crippen LogP contribution in [0.15, 0.2) is 18.7 Å². The molecule has 1 aromatic heterocycles. The standard InChI is InChI=1S/C13H23N3/c1-12(13-5-3-2-4-6-13)15-8-10-16-9-7-14-11-16/h7,9,11-13,15H,2-6,8,10H2,1H3. The first-order chi connectivity index (χ1) is 7.86. The largest absolute Gasteiger partial charge is 0.336 e. The topological polar surface area (TPSA) is 29.9 Å². The lowest BCUT2D eigenvalue weighted by Crippen LogP contribution is -2.36. The van der Waals surface area contributed by atoms with Crippen molar-refractivity contribution in [3.8, 4) is 0 Å². The molecular formula is C13H23N3. The van der Waals surface area contributed by atoms with Crippen LogP contribution >= 0.6 is 0 Å². The first-order valence-electron chi connectivity index (χ1n) is 6.55. The van der Waals surface area contributed by atoms with E-state index in [-0.39, 0.29) is 0 Å². The van der Waals surface area contributed by atoms with Crippen LogP contribution in [0.5, 0.6) is 0 Å². The Labute approximate surface area is 98.3 Å². The molecule has 1 fully saturated rings. The van der Waals surface area contributed by atoms with E-state index in [1.807, 2.05) is 18.7 Å². The van der Waals surface area contributed by atoms with Gasteiger partial charge in [-0.1, -0.05) is 19.3 Å². The van der Waals surface area contributed by atoms with Crippen molar-refractivity contribution in [3.05, 3.63) is 18.7 Å². The van der Waals surface area contributed by atoms with Crippen LogP contribution in [0.4, 0.5) is 0 Å². The Balaban J connectivity index is 1.65. The van der Waals surface area contributed by atoms with Gasteiger partial charge in [-0.25, -0.2) is 4.98 Å². The smallest absolute Gasteiger partial charge is 0.0946 e. The van der Waals surface area contributed by atoms with Gasteiger partial charge in [-0.05, 0) is 25.7 Å². The van der Waals surface area contributed by atoms with Crippen LogP contribution in [-0.4, -0.2) is 22.1 Å². The molecule has 90 valence electrons. The van der Waals surface area contributed by atoms with E-state index in [2.05, 4.69) is 21.8 Å². The lowest BCUT2D eigenvalue weighted by Gasteiger charge is -2.28. The number of hydrogen-bond acceptors (Lipinski definition) is 2. The molecule has 0 amide bonds. The summed E-state index contributed by atoms with van der Waals surface area (Å²) in [5.41, 5.74) is 0. The molecule has 1 heterocycles. The summed E-state index contributed by atoms with van der Waals surface area (Å²) < 4.78 is 2.13. The van der Waals surface area contributed by atoms with Crippen LogP contribution in [0.25, 0.3) is 0 Å². The molecule has 1 unspecified atom stereocenters. The van der Waals surface area contributed by atoms with Gasteiger partial charge in [0, 0.05) is 31.5 Å². The first kappa shape index (κ1) is 11.6. The quantitative estimate of drug-likeness (QED) is 0.827. The van der Waals surface area contributed by atoms with Gasteiger partial charge >= 0.3 is 0 Å². The van der Waals surface area contributed by atoms with Crippen molar-refractivity contribution in [3.63, 3.8) is 0 Å². The van der Waals surface area contributed by atoms with Crippen LogP contribution in [0, 0.1) is 5.92 Å². The number of imidazole rings is 1. The molecule has 0 bridgehead atoms. The van der Waals surface area contributed by atoms with Crippen molar-refractivity contribution >= 4 is 0 Å². The molecule has 3 heteroatoms. The summed E-state index contributed by atoms with van der Waals surface area (Å²) in [5, 5.41) is 3.64. The van der Waals surface area contributed by atoms with E-state index in [1.54, 1.807) is 0 Å². The minimum absolute atomic E-state index is 0.670. The van der Waals surface area contributed by atoms with Gasteiger partial charge < -0.3 is 9.88 Å². The molecule has 1 aliphatic rings. The number of hydrogen-bond donors (Lipinski definition) is 1. The van der Waals surface area contributed by atoms with E-state index in [9.17, 15) is 0 Å². The molecule has 0 radical (unpaired) electrons. The Hall–Kier alpha value is -0.830. The van der Waals surface area contributed by atoms with Crippen LogP contribution in [0.1, 0.15) is 39.0 Å². The summed E-state index contributed by atoms with van der Waals surface area (Å²) >= 11 is 0. The zero-order valence-corrected chi connectivity index (χ0v) is 10.2. The van der Waals surface area contributed by atoms with Crippen molar-refractivity contribution < 1.29 is 0 Å². The Morgan fingerprint density at radius 1 is 1.38 bits per heavy atom. The number of rotatable bonds is 5. The average Bonchev–Trinajstić information content (AvgIpc) is 2.83. The summed E-state index contributed by atoms with van der Waals surface area (Å²) in [5.74, 6) is 0.900. The van der Waals surface area contributed by atoms with Crippen molar-refractivity contribution in [1.82, 2.24) is 14.9 Å². The molecule has 1 atom stereocenters. The number of aromatic nitrogens is 2. The van der Waals surface area contributed by atoms with Gasteiger partial charge in [0.05, 0.1) is 6.33 Å². The fourth-order valence-electron chi connectivity index (χ4n) is 2.64. The molecule has 1 aromatic rings. The molecule has 16 heavy (non-hydrogen) atoms. The minimum Gasteiger partial charge on any atom is -0.336 e. The van der Waals surface area contributed by atoms with Gasteiger partial charge in [0.25, 0.3) is 0 Å². The van der Waals surface area contributed by atoms with E-state index < -0.39 is 0 Å². The highest BCUT2D eigenvalue weighted by Crippen LogP contribution is 2.26. The Morgan fingerprint density at radius 3 is 2.88 bits per heavy atom. The van der Waals surface area contributed by atoms with Gasteiger partial charge in [-0.15, -0.1) is 0 Å². The van der Waals surface area contributed by atoms with E-state index in [4.69, 9.17) is 0 Å². The Bertz CT molecular complexity index is 275. The van der Waals surface area contributed by atoms with Gasteiger partial charge in [0.2, 0.25) is 0 Å². The maximum absolute atomic E-state index is 4.04. The third-order valence-corrected chi connectivity index (χ3v) is 3.75. The van der Waals surface area contributed by atoms with Gasteiger partial charge in [-0.3, -0.25) is 0 Å². The molecule has 1 saturated carbocycles.